The largest absolute Gasteiger partial charge is 0.388 e. The van der Waals surface area contributed by atoms with Crippen molar-refractivity contribution in [2.45, 2.75) is 25.2 Å². The van der Waals surface area contributed by atoms with Gasteiger partial charge in [0.25, 0.3) is 0 Å². The Morgan fingerprint density at radius 1 is 1.26 bits per heavy atom. The summed E-state index contributed by atoms with van der Waals surface area (Å²) in [4.78, 5) is 12.2. The van der Waals surface area contributed by atoms with Crippen LogP contribution in [-0.4, -0.2) is 22.0 Å². The van der Waals surface area contributed by atoms with Crippen molar-refractivity contribution in [3.63, 3.8) is 0 Å². The maximum Gasteiger partial charge on any atom is 0.237 e. The molecule has 1 amide bonds. The molecule has 0 aromatic heterocycles. The van der Waals surface area contributed by atoms with Crippen LogP contribution in [0.5, 0.6) is 0 Å². The van der Waals surface area contributed by atoms with Crippen molar-refractivity contribution < 1.29 is 14.3 Å². The topological polar surface area (TPSA) is 49.3 Å². The van der Waals surface area contributed by atoms with Crippen molar-refractivity contribution in [2.75, 3.05) is 11.1 Å². The van der Waals surface area contributed by atoms with Crippen molar-refractivity contribution in [3.8, 4) is 0 Å². The van der Waals surface area contributed by atoms with Crippen LogP contribution < -0.4 is 5.32 Å². The predicted molar refractivity (Wildman–Crippen MR) is 93.1 cm³/mol. The molecule has 0 saturated heterocycles. The third kappa shape index (κ3) is 5.08. The van der Waals surface area contributed by atoms with Gasteiger partial charge in [-0.2, -0.15) is 0 Å². The van der Waals surface area contributed by atoms with E-state index in [2.05, 4.69) is 5.32 Å². The molecule has 3 nitrogen and oxygen atoms in total. The van der Waals surface area contributed by atoms with Gasteiger partial charge in [-0.15, -0.1) is 11.8 Å². The molecule has 122 valence electrons. The smallest absolute Gasteiger partial charge is 0.237 e. The van der Waals surface area contributed by atoms with Gasteiger partial charge in [-0.3, -0.25) is 4.79 Å². The summed E-state index contributed by atoms with van der Waals surface area (Å²) in [5.74, 6) is -0.171. The normalized spacial score (nSPS) is 13.4. The monoisotopic (exact) mass is 333 g/mol. The predicted octanol–water partition coefficient (Wildman–Crippen LogP) is 3.93. The highest BCUT2D eigenvalue weighted by Crippen LogP contribution is 2.23. The van der Waals surface area contributed by atoms with Crippen LogP contribution in [0, 0.1) is 12.7 Å². The number of anilines is 1. The van der Waals surface area contributed by atoms with Gasteiger partial charge in [0.05, 0.1) is 11.4 Å². The molecule has 2 unspecified atom stereocenters. The van der Waals surface area contributed by atoms with Gasteiger partial charge >= 0.3 is 0 Å². The molecule has 2 aromatic carbocycles. The molecule has 2 atom stereocenters. The Morgan fingerprint density at radius 2 is 1.96 bits per heavy atom. The molecule has 0 spiro atoms. The number of aliphatic hydroxyl groups is 1. The minimum Gasteiger partial charge on any atom is -0.388 e. The summed E-state index contributed by atoms with van der Waals surface area (Å²) < 4.78 is 13.3. The molecule has 0 aliphatic carbocycles. The summed E-state index contributed by atoms with van der Waals surface area (Å²) in [5.41, 5.74) is 2.11. The average molecular weight is 333 g/mol. The number of benzene rings is 2. The standard InChI is InChI=1S/C18H20FNO2S/c1-12-8-9-15(19)10-16(12)20-18(22)13(2)23-11-17(21)14-6-4-3-5-7-14/h3-10,13,17,21H,11H2,1-2H3,(H,20,22). The van der Waals surface area contributed by atoms with E-state index in [1.807, 2.05) is 37.3 Å². The second-order valence-electron chi connectivity index (χ2n) is 5.35. The summed E-state index contributed by atoms with van der Waals surface area (Å²) in [7, 11) is 0. The maximum atomic E-state index is 13.3. The molecular weight excluding hydrogens is 313 g/mol. The number of aliphatic hydroxyl groups excluding tert-OH is 1. The summed E-state index contributed by atoms with van der Waals surface area (Å²) in [6.07, 6.45) is -0.618. The lowest BCUT2D eigenvalue weighted by molar-refractivity contribution is -0.115. The molecule has 23 heavy (non-hydrogen) atoms. The van der Waals surface area contributed by atoms with Gasteiger partial charge in [-0.1, -0.05) is 36.4 Å². The maximum absolute atomic E-state index is 13.3. The van der Waals surface area contributed by atoms with Crippen LogP contribution in [0.15, 0.2) is 48.5 Å². The van der Waals surface area contributed by atoms with E-state index in [-0.39, 0.29) is 17.0 Å². The van der Waals surface area contributed by atoms with Crippen molar-refractivity contribution in [2.24, 2.45) is 0 Å². The fraction of sp³-hybridized carbons (Fsp3) is 0.278. The van der Waals surface area contributed by atoms with Gasteiger partial charge in [-0.25, -0.2) is 4.39 Å². The molecule has 5 heteroatoms. The van der Waals surface area contributed by atoms with E-state index in [9.17, 15) is 14.3 Å². The number of nitrogens with one attached hydrogen (secondary N) is 1. The number of carbonyl (C=O) groups is 1. The second kappa shape index (κ2) is 8.13. The first-order valence-electron chi connectivity index (χ1n) is 7.39. The van der Waals surface area contributed by atoms with Crippen LogP contribution in [0.25, 0.3) is 0 Å². The number of rotatable bonds is 6. The van der Waals surface area contributed by atoms with Crippen LogP contribution in [-0.2, 0) is 4.79 Å². The highest BCUT2D eigenvalue weighted by molar-refractivity contribution is 8.00. The van der Waals surface area contributed by atoms with Crippen molar-refractivity contribution >= 4 is 23.4 Å². The summed E-state index contributed by atoms with van der Waals surface area (Å²) >= 11 is 1.36. The van der Waals surface area contributed by atoms with Gasteiger partial charge in [0.2, 0.25) is 5.91 Å². The molecule has 2 rings (SSSR count). The van der Waals surface area contributed by atoms with E-state index >= 15 is 0 Å². The minimum atomic E-state index is -0.618. The number of amides is 1. The first kappa shape index (κ1) is 17.5. The van der Waals surface area contributed by atoms with E-state index in [4.69, 9.17) is 0 Å². The first-order valence-corrected chi connectivity index (χ1v) is 8.44. The lowest BCUT2D eigenvalue weighted by Gasteiger charge is -2.16. The molecule has 0 aliphatic rings. The Kier molecular flexibility index (Phi) is 6.19. The summed E-state index contributed by atoms with van der Waals surface area (Å²) in [6.45, 7) is 3.58. The molecule has 0 heterocycles. The lowest BCUT2D eigenvalue weighted by atomic mass is 10.1. The van der Waals surface area contributed by atoms with Crippen LogP contribution in [0.4, 0.5) is 10.1 Å². The zero-order chi connectivity index (χ0) is 16.8. The van der Waals surface area contributed by atoms with Crippen molar-refractivity contribution in [3.05, 3.63) is 65.5 Å². The van der Waals surface area contributed by atoms with E-state index < -0.39 is 6.10 Å². The SMILES string of the molecule is Cc1ccc(F)cc1NC(=O)C(C)SCC(O)c1ccccc1. The quantitative estimate of drug-likeness (QED) is 0.842. The lowest BCUT2D eigenvalue weighted by Crippen LogP contribution is -2.24. The van der Waals surface area contributed by atoms with E-state index in [0.717, 1.165) is 11.1 Å². The van der Waals surface area contributed by atoms with Crippen LogP contribution in [0.2, 0.25) is 0 Å². The zero-order valence-electron chi connectivity index (χ0n) is 13.1. The van der Waals surface area contributed by atoms with Gasteiger partial charge in [-0.05, 0) is 37.1 Å². The number of carbonyl (C=O) groups excluding carboxylic acids is 1. The Balaban J connectivity index is 1.89. The molecule has 0 fully saturated rings. The van der Waals surface area contributed by atoms with Gasteiger partial charge in [0.15, 0.2) is 0 Å². The first-order chi connectivity index (χ1) is 11.0. The highest BCUT2D eigenvalue weighted by Gasteiger charge is 2.17. The average Bonchev–Trinajstić information content (AvgIpc) is 2.56. The number of hydrogen-bond acceptors (Lipinski definition) is 3. The number of halogens is 1. The fourth-order valence-electron chi connectivity index (χ4n) is 2.05. The summed E-state index contributed by atoms with van der Waals surface area (Å²) in [6, 6.07) is 13.6. The minimum absolute atomic E-state index is 0.205. The van der Waals surface area contributed by atoms with E-state index in [1.165, 1.54) is 23.9 Å². The van der Waals surface area contributed by atoms with Crippen LogP contribution in [0.1, 0.15) is 24.2 Å². The molecule has 0 saturated carbocycles. The highest BCUT2D eigenvalue weighted by atomic mass is 32.2. The number of thioether (sulfide) groups is 1. The van der Waals surface area contributed by atoms with Gasteiger partial charge < -0.3 is 10.4 Å². The molecule has 0 radical (unpaired) electrons. The van der Waals surface area contributed by atoms with Gasteiger partial charge in [0.1, 0.15) is 5.82 Å². The third-order valence-corrected chi connectivity index (χ3v) is 4.74. The van der Waals surface area contributed by atoms with Crippen LogP contribution >= 0.6 is 11.8 Å². The zero-order valence-corrected chi connectivity index (χ0v) is 13.9. The van der Waals surface area contributed by atoms with Crippen molar-refractivity contribution in [1.29, 1.82) is 0 Å². The molecular formula is C18H20FNO2S. The van der Waals surface area contributed by atoms with E-state index in [0.29, 0.717) is 11.4 Å². The Labute approximate surface area is 139 Å². The Morgan fingerprint density at radius 3 is 2.65 bits per heavy atom. The van der Waals surface area contributed by atoms with Gasteiger partial charge in [0, 0.05) is 11.4 Å². The van der Waals surface area contributed by atoms with Crippen molar-refractivity contribution in [1.82, 2.24) is 0 Å². The van der Waals surface area contributed by atoms with E-state index in [1.54, 1.807) is 13.0 Å². The second-order valence-corrected chi connectivity index (χ2v) is 6.72. The summed E-state index contributed by atoms with van der Waals surface area (Å²) in [5, 5.41) is 12.5. The molecule has 2 N–H and O–H groups in total. The number of hydrogen-bond donors (Lipinski definition) is 2. The third-order valence-electron chi connectivity index (χ3n) is 3.52. The fourth-order valence-corrected chi connectivity index (χ4v) is 2.92. The molecule has 0 bridgehead atoms. The van der Waals surface area contributed by atoms with Crippen LogP contribution in [0.3, 0.4) is 0 Å². The molecule has 2 aromatic rings. The number of aryl methyl sites for hydroxylation is 1. The Bertz CT molecular complexity index is 663. The Hall–Kier alpha value is -1.85. The molecule has 0 aliphatic heterocycles.